The lowest BCUT2D eigenvalue weighted by molar-refractivity contribution is 0.0689. The Morgan fingerprint density at radius 2 is 1.79 bits per heavy atom. The Balaban J connectivity index is 1.81. The Kier molecular flexibility index (Phi) is 5.12. The van der Waals surface area contributed by atoms with E-state index < -0.39 is 21.5 Å². The first-order chi connectivity index (χ1) is 13.0. The number of benzene rings is 1. The molecule has 7 nitrogen and oxygen atoms in total. The molecule has 0 fully saturated rings. The zero-order valence-corrected chi connectivity index (χ0v) is 17.3. The molecule has 1 N–H and O–H groups in total. The van der Waals surface area contributed by atoms with Crippen molar-refractivity contribution in [3.05, 3.63) is 54.0 Å². The molecule has 2 aromatic heterocycles. The van der Waals surface area contributed by atoms with E-state index in [4.69, 9.17) is 8.83 Å². The number of amides is 1. The van der Waals surface area contributed by atoms with E-state index in [0.717, 1.165) is 11.0 Å². The number of carbonyl (C=O) groups is 1. The summed E-state index contributed by atoms with van der Waals surface area (Å²) in [6.07, 6.45) is 0. The minimum Gasteiger partial charge on any atom is -0.459 e. The van der Waals surface area contributed by atoms with Crippen LogP contribution in [0.15, 0.2) is 56.4 Å². The standard InChI is InChI=1S/C20H24N2O5S/c1-13(17-12-14-8-6-7-9-15(14)26-17)22(5)19(23)16-10-11-18(27-16)28(24,25)21-20(2,3)4/h6-13,21H,1-5H3. The monoisotopic (exact) mass is 404 g/mol. The van der Waals surface area contributed by atoms with Gasteiger partial charge in [-0.25, -0.2) is 13.1 Å². The molecule has 3 rings (SSSR count). The Hall–Kier alpha value is -2.58. The van der Waals surface area contributed by atoms with Crippen LogP contribution in [-0.2, 0) is 10.0 Å². The Bertz CT molecular complexity index is 1070. The normalized spacial score (nSPS) is 13.6. The van der Waals surface area contributed by atoms with E-state index in [2.05, 4.69) is 4.72 Å². The Labute approximate surface area is 164 Å². The molecule has 2 heterocycles. The summed E-state index contributed by atoms with van der Waals surface area (Å²) < 4.78 is 38.4. The molecule has 0 bridgehead atoms. The second-order valence-corrected chi connectivity index (χ2v) is 9.37. The van der Waals surface area contributed by atoms with Crippen molar-refractivity contribution in [2.75, 3.05) is 7.05 Å². The first-order valence-electron chi connectivity index (χ1n) is 8.87. The van der Waals surface area contributed by atoms with Crippen molar-refractivity contribution in [2.24, 2.45) is 0 Å². The lowest BCUT2D eigenvalue weighted by Gasteiger charge is -2.22. The molecule has 28 heavy (non-hydrogen) atoms. The number of sulfonamides is 1. The van der Waals surface area contributed by atoms with Gasteiger partial charge in [0, 0.05) is 18.0 Å². The quantitative estimate of drug-likeness (QED) is 0.695. The van der Waals surface area contributed by atoms with Crippen molar-refractivity contribution in [1.29, 1.82) is 0 Å². The maximum Gasteiger partial charge on any atom is 0.289 e. The lowest BCUT2D eigenvalue weighted by atomic mass is 10.1. The van der Waals surface area contributed by atoms with Crippen molar-refractivity contribution < 1.29 is 22.0 Å². The molecule has 0 saturated carbocycles. The van der Waals surface area contributed by atoms with Crippen molar-refractivity contribution >= 4 is 26.9 Å². The van der Waals surface area contributed by atoms with Crippen LogP contribution in [-0.4, -0.2) is 31.8 Å². The van der Waals surface area contributed by atoms with Gasteiger partial charge in [-0.05, 0) is 52.0 Å². The van der Waals surface area contributed by atoms with E-state index >= 15 is 0 Å². The van der Waals surface area contributed by atoms with Crippen LogP contribution >= 0.6 is 0 Å². The first-order valence-corrected chi connectivity index (χ1v) is 10.4. The summed E-state index contributed by atoms with van der Waals surface area (Å²) in [5.74, 6) is 0.135. The first kappa shape index (κ1) is 20.2. The summed E-state index contributed by atoms with van der Waals surface area (Å²) >= 11 is 0. The fourth-order valence-electron chi connectivity index (χ4n) is 2.78. The van der Waals surface area contributed by atoms with E-state index in [-0.39, 0.29) is 16.9 Å². The second-order valence-electron chi connectivity index (χ2n) is 7.75. The van der Waals surface area contributed by atoms with Gasteiger partial charge in [0.15, 0.2) is 5.76 Å². The number of nitrogens with zero attached hydrogens (tertiary/aromatic N) is 1. The highest BCUT2D eigenvalue weighted by molar-refractivity contribution is 7.89. The van der Waals surface area contributed by atoms with E-state index in [1.165, 1.54) is 17.0 Å². The molecule has 0 radical (unpaired) electrons. The predicted octanol–water partition coefficient (Wildman–Crippen LogP) is 3.94. The van der Waals surface area contributed by atoms with E-state index in [1.807, 2.05) is 37.3 Å². The summed E-state index contributed by atoms with van der Waals surface area (Å²) in [5, 5.41) is 0.653. The van der Waals surface area contributed by atoms with Crippen molar-refractivity contribution in [2.45, 2.75) is 44.4 Å². The SMILES string of the molecule is CC(c1cc2ccccc2o1)N(C)C(=O)c1ccc(S(=O)(=O)NC(C)(C)C)o1. The molecule has 0 saturated heterocycles. The van der Waals surface area contributed by atoms with Gasteiger partial charge in [-0.1, -0.05) is 18.2 Å². The zero-order valence-electron chi connectivity index (χ0n) is 16.5. The van der Waals surface area contributed by atoms with Gasteiger partial charge >= 0.3 is 0 Å². The zero-order chi connectivity index (χ0) is 20.7. The molecule has 0 spiro atoms. The van der Waals surface area contributed by atoms with E-state index in [9.17, 15) is 13.2 Å². The number of para-hydroxylation sites is 1. The number of hydrogen-bond acceptors (Lipinski definition) is 5. The Morgan fingerprint density at radius 3 is 2.43 bits per heavy atom. The molecule has 1 amide bonds. The van der Waals surface area contributed by atoms with Crippen LogP contribution < -0.4 is 4.72 Å². The highest BCUT2D eigenvalue weighted by Crippen LogP contribution is 2.28. The van der Waals surface area contributed by atoms with Crippen LogP contribution in [0.3, 0.4) is 0 Å². The summed E-state index contributed by atoms with van der Waals surface area (Å²) in [5.41, 5.74) is 0.0763. The molecule has 3 aromatic rings. The summed E-state index contributed by atoms with van der Waals surface area (Å²) in [6, 6.07) is 11.8. The number of fused-ring (bicyclic) bond motifs is 1. The van der Waals surface area contributed by atoms with Crippen LogP contribution in [0.4, 0.5) is 0 Å². The van der Waals surface area contributed by atoms with Crippen LogP contribution in [0.1, 0.15) is 50.1 Å². The number of furan rings is 2. The molecule has 150 valence electrons. The number of carbonyl (C=O) groups excluding carboxylic acids is 1. The highest BCUT2D eigenvalue weighted by atomic mass is 32.2. The molecule has 8 heteroatoms. The average Bonchev–Trinajstić information content (AvgIpc) is 3.24. The van der Waals surface area contributed by atoms with Crippen LogP contribution in [0.25, 0.3) is 11.0 Å². The van der Waals surface area contributed by atoms with E-state index in [0.29, 0.717) is 5.76 Å². The molecule has 0 aliphatic heterocycles. The topological polar surface area (TPSA) is 92.8 Å². The third-order valence-electron chi connectivity index (χ3n) is 4.26. The van der Waals surface area contributed by atoms with E-state index in [1.54, 1.807) is 27.8 Å². The smallest absolute Gasteiger partial charge is 0.289 e. The second kappa shape index (κ2) is 7.10. The summed E-state index contributed by atoms with van der Waals surface area (Å²) in [7, 11) is -2.24. The predicted molar refractivity (Wildman–Crippen MR) is 106 cm³/mol. The minimum absolute atomic E-state index is 0.0558. The van der Waals surface area contributed by atoms with Gasteiger partial charge in [-0.3, -0.25) is 4.79 Å². The highest BCUT2D eigenvalue weighted by Gasteiger charge is 2.28. The molecule has 1 aromatic carbocycles. The lowest BCUT2D eigenvalue weighted by Crippen LogP contribution is -2.40. The van der Waals surface area contributed by atoms with Crippen LogP contribution in [0.5, 0.6) is 0 Å². The van der Waals surface area contributed by atoms with Gasteiger partial charge in [0.1, 0.15) is 11.3 Å². The van der Waals surface area contributed by atoms with Crippen molar-refractivity contribution in [3.8, 4) is 0 Å². The number of rotatable bonds is 5. The molecular weight excluding hydrogens is 380 g/mol. The number of hydrogen-bond donors (Lipinski definition) is 1. The maximum absolute atomic E-state index is 12.8. The van der Waals surface area contributed by atoms with Gasteiger partial charge in [-0.15, -0.1) is 0 Å². The molecule has 1 atom stereocenters. The third kappa shape index (κ3) is 4.13. The fourth-order valence-corrected chi connectivity index (χ4v) is 4.14. The van der Waals surface area contributed by atoms with Crippen molar-refractivity contribution in [3.63, 3.8) is 0 Å². The van der Waals surface area contributed by atoms with Gasteiger partial charge in [0.25, 0.3) is 15.9 Å². The number of nitrogens with one attached hydrogen (secondary N) is 1. The average molecular weight is 404 g/mol. The van der Waals surface area contributed by atoms with Gasteiger partial charge in [-0.2, -0.15) is 0 Å². The van der Waals surface area contributed by atoms with Gasteiger partial charge in [0.05, 0.1) is 6.04 Å². The summed E-state index contributed by atoms with van der Waals surface area (Å²) in [4.78, 5) is 14.2. The molecule has 0 aliphatic rings. The third-order valence-corrected chi connectivity index (χ3v) is 5.89. The summed E-state index contributed by atoms with van der Waals surface area (Å²) in [6.45, 7) is 7.00. The largest absolute Gasteiger partial charge is 0.459 e. The van der Waals surface area contributed by atoms with Gasteiger partial charge < -0.3 is 13.7 Å². The maximum atomic E-state index is 12.8. The molecule has 1 unspecified atom stereocenters. The minimum atomic E-state index is -3.85. The van der Waals surface area contributed by atoms with Crippen LogP contribution in [0, 0.1) is 0 Å². The molecule has 0 aliphatic carbocycles. The Morgan fingerprint density at radius 1 is 1.11 bits per heavy atom. The van der Waals surface area contributed by atoms with Gasteiger partial charge in [0.2, 0.25) is 5.09 Å². The van der Waals surface area contributed by atoms with Crippen LogP contribution in [0.2, 0.25) is 0 Å². The van der Waals surface area contributed by atoms with Crippen molar-refractivity contribution in [1.82, 2.24) is 9.62 Å². The fraction of sp³-hybridized carbons (Fsp3) is 0.350. The molecular formula is C20H24N2O5S.